The Bertz CT molecular complexity index is 1200. The highest BCUT2D eigenvalue weighted by molar-refractivity contribution is 6.31. The molecule has 9 heteroatoms. The van der Waals surface area contributed by atoms with Crippen LogP contribution in [-0.2, 0) is 16.1 Å². The van der Waals surface area contributed by atoms with Crippen molar-refractivity contribution in [3.63, 3.8) is 0 Å². The topological polar surface area (TPSA) is 105 Å². The van der Waals surface area contributed by atoms with E-state index in [2.05, 4.69) is 9.98 Å². The summed E-state index contributed by atoms with van der Waals surface area (Å²) in [7, 11) is 0. The average Bonchev–Trinajstić information content (AvgIpc) is 3.00. The van der Waals surface area contributed by atoms with Crippen LogP contribution in [0.1, 0.15) is 22.6 Å². The van der Waals surface area contributed by atoms with Crippen LogP contribution >= 0.6 is 11.6 Å². The minimum atomic E-state index is -1.26. The van der Waals surface area contributed by atoms with Crippen LogP contribution in [-0.4, -0.2) is 37.4 Å². The molecule has 2 heterocycles. The number of aryl methyl sites for hydroxylation is 1. The lowest BCUT2D eigenvalue weighted by molar-refractivity contribution is -0.134. The number of halogens is 2. The molecule has 0 aliphatic carbocycles. The van der Waals surface area contributed by atoms with E-state index in [1.165, 1.54) is 6.07 Å². The van der Waals surface area contributed by atoms with Crippen LogP contribution in [0.3, 0.4) is 0 Å². The molecule has 3 aromatic rings. The molecule has 0 unspecified atom stereocenters. The van der Waals surface area contributed by atoms with Gasteiger partial charge in [-0.3, -0.25) is 9.56 Å². The second kappa shape index (κ2) is 9.36. The van der Waals surface area contributed by atoms with Crippen LogP contribution in [0.25, 0.3) is 5.69 Å². The lowest BCUT2D eigenvalue weighted by atomic mass is 10.0. The summed E-state index contributed by atoms with van der Waals surface area (Å²) in [6.07, 6.45) is 2.92. The van der Waals surface area contributed by atoms with Gasteiger partial charge in [0.05, 0.1) is 29.8 Å². The summed E-state index contributed by atoms with van der Waals surface area (Å²) < 4.78 is 16.3. The van der Waals surface area contributed by atoms with Crippen molar-refractivity contribution < 1.29 is 24.2 Å². The van der Waals surface area contributed by atoms with Crippen LogP contribution in [0.5, 0.6) is 0 Å². The summed E-state index contributed by atoms with van der Waals surface area (Å²) in [5.74, 6) is -1.94. The number of aliphatic carboxylic acids is 2. The van der Waals surface area contributed by atoms with Gasteiger partial charge >= 0.3 is 11.9 Å². The summed E-state index contributed by atoms with van der Waals surface area (Å²) in [6.45, 7) is 2.38. The third-order valence-corrected chi connectivity index (χ3v) is 4.60. The number of benzene rings is 2. The second-order valence-electron chi connectivity index (χ2n) is 6.45. The molecule has 0 saturated carbocycles. The predicted molar refractivity (Wildman–Crippen MR) is 113 cm³/mol. The van der Waals surface area contributed by atoms with Crippen LogP contribution in [0.15, 0.2) is 65.8 Å². The molecular formula is C22H17ClFN3O4. The number of hydrogen-bond donors (Lipinski definition) is 2. The molecule has 0 saturated heterocycles. The molecular weight excluding hydrogens is 430 g/mol. The molecule has 0 spiro atoms. The summed E-state index contributed by atoms with van der Waals surface area (Å²) in [5.41, 5.74) is 3.79. The standard InChI is InChI=1S/C18H13ClFN3.C4H4O4/c1-11-21-9-13-10-22-18(14-4-2-3-5-16(14)20)15-8-12(19)6-7-17(15)23(11)13;5-3(6)1-2-4(7)8/h2-9H,10H2,1H3;1-2H,(H,5,6)(H,7,8)/b;2-1+/i1+1,10+1,11+1,13+1,22+1;. The van der Waals surface area contributed by atoms with Crippen molar-refractivity contribution in [1.29, 1.82) is 0 Å². The molecule has 1 aromatic heterocycles. The fraction of sp³-hybridized carbons (Fsp3) is 0.0909. The van der Waals surface area contributed by atoms with Gasteiger partial charge in [-0.05, 0) is 37.3 Å². The first-order chi connectivity index (χ1) is 14.8. The van der Waals surface area contributed by atoms with Crippen molar-refractivity contribution in [1.82, 2.24) is 9.55 Å². The monoisotopic (exact) mass is 446 g/mol. The van der Waals surface area contributed by atoms with Crippen molar-refractivity contribution in [3.8, 4) is 5.69 Å². The quantitative estimate of drug-likeness (QED) is 0.359. The van der Waals surface area contributed by atoms with Crippen molar-refractivity contribution in [3.05, 3.63) is 94.3 Å². The fourth-order valence-corrected chi connectivity index (χ4v) is 3.27. The van der Waals surface area contributed by atoms with Crippen molar-refractivity contribution in [2.45, 2.75) is 13.5 Å². The molecule has 31 heavy (non-hydrogen) atoms. The first-order valence-corrected chi connectivity index (χ1v) is 9.42. The minimum Gasteiger partial charge on any atom is -0.478 e. The van der Waals surface area contributed by atoms with Gasteiger partial charge < -0.3 is 10.2 Å². The molecule has 0 atom stereocenters. The van der Waals surface area contributed by atoms with Gasteiger partial charge in [-0.25, -0.2) is 19.0 Å². The van der Waals surface area contributed by atoms with E-state index < -0.39 is 11.9 Å². The summed E-state index contributed by atoms with van der Waals surface area (Å²) >= 11 is 6.19. The number of nitrogens with zero attached hydrogens (tertiary/aromatic N) is 3. The highest BCUT2D eigenvalue weighted by Gasteiger charge is 2.22. The van der Waals surface area contributed by atoms with Crippen molar-refractivity contribution in [2.24, 2.45) is 4.99 Å². The normalized spacial score (nSPS) is 12.2. The largest absolute Gasteiger partial charge is 0.478 e. The van der Waals surface area contributed by atoms with E-state index in [1.54, 1.807) is 12.1 Å². The van der Waals surface area contributed by atoms with Crippen LogP contribution < -0.4 is 0 Å². The zero-order valence-electron chi connectivity index (χ0n) is 16.3. The molecule has 0 bridgehead atoms. The molecule has 1 aliphatic rings. The second-order valence-corrected chi connectivity index (χ2v) is 6.88. The predicted octanol–water partition coefficient (Wildman–Crippen LogP) is 4.04. The first kappa shape index (κ1) is 21.9. The van der Waals surface area contributed by atoms with Gasteiger partial charge in [0.2, 0.25) is 0 Å². The van der Waals surface area contributed by atoms with Crippen LogP contribution in [0.4, 0.5) is 4.39 Å². The number of fused-ring (bicyclic) bond motifs is 3. The van der Waals surface area contributed by atoms with Crippen LogP contribution in [0, 0.1) is 12.7 Å². The molecule has 4 rings (SSSR count). The molecule has 0 amide bonds. The summed E-state index contributed by atoms with van der Waals surface area (Å²) in [4.78, 5) is 28.1. The van der Waals surface area contributed by atoms with E-state index in [0.717, 1.165) is 22.8 Å². The fourth-order valence-electron chi connectivity index (χ4n) is 3.10. The molecule has 158 valence electrons. The number of rotatable bonds is 3. The lowest BCUT2D eigenvalue weighted by Crippen LogP contribution is -2.09. The van der Waals surface area contributed by atoms with Gasteiger partial charge in [0, 0.05) is 28.3 Å². The zero-order valence-corrected chi connectivity index (χ0v) is 17.0. The third kappa shape index (κ3) is 5.04. The first-order valence-electron chi connectivity index (χ1n) is 9.04. The molecule has 2 aromatic carbocycles. The number of aromatic nitrogens is 2. The molecule has 7 nitrogen and oxygen atoms in total. The van der Waals surface area contributed by atoms with E-state index in [9.17, 15) is 14.0 Å². The van der Waals surface area contributed by atoms with E-state index in [1.807, 2.05) is 42.0 Å². The van der Waals surface area contributed by atoms with Gasteiger partial charge in [0.15, 0.2) is 0 Å². The number of carboxylic acids is 2. The Morgan fingerprint density at radius 2 is 1.77 bits per heavy atom. The lowest BCUT2D eigenvalue weighted by Gasteiger charge is -2.14. The molecule has 2 N–H and O–H groups in total. The Morgan fingerprint density at radius 3 is 2.42 bits per heavy atom. The minimum absolute atomic E-state index is 0.293. The smallest absolute Gasteiger partial charge is 0.328 e. The van der Waals surface area contributed by atoms with Gasteiger partial charge in [-0.1, -0.05) is 23.7 Å². The maximum atomic E-state index is 14.3. The van der Waals surface area contributed by atoms with Gasteiger partial charge in [-0.2, -0.15) is 0 Å². The van der Waals surface area contributed by atoms with Gasteiger partial charge in [-0.15, -0.1) is 0 Å². The van der Waals surface area contributed by atoms with Gasteiger partial charge in [0.25, 0.3) is 0 Å². The van der Waals surface area contributed by atoms with E-state index in [0.29, 0.717) is 35.0 Å². The van der Waals surface area contributed by atoms with E-state index in [-0.39, 0.29) is 5.82 Å². The highest BCUT2D eigenvalue weighted by atomic mass is 35.5. The number of carboxylic acid groups (broad SMARTS) is 2. The maximum Gasteiger partial charge on any atom is 0.328 e. The summed E-state index contributed by atoms with van der Waals surface area (Å²) in [6, 6.07) is 12.3. The third-order valence-electron chi connectivity index (χ3n) is 4.36. The SMILES string of the molecule is O=C(O)/C=C/C(=O)O.[13CH3][13c]1nc[13c]2n1-c1ccc(Cl)cc1C(c1ccccc1F)=[15N][13CH2]2. The Kier molecular flexibility index (Phi) is 6.61. The highest BCUT2D eigenvalue weighted by Crippen LogP contribution is 2.29. The zero-order chi connectivity index (χ0) is 22.5. The van der Waals surface area contributed by atoms with Crippen molar-refractivity contribution >= 4 is 29.3 Å². The maximum absolute atomic E-state index is 14.3. The average molecular weight is 447 g/mol. The van der Waals surface area contributed by atoms with Crippen molar-refractivity contribution in [2.75, 3.05) is 0 Å². The Balaban J connectivity index is 0.000000293. The molecule has 0 radical (unpaired) electrons. The molecule has 1 aliphatic heterocycles. The Hall–Kier alpha value is -3.78. The number of aliphatic imine (C=N–C) groups is 1. The summed E-state index contributed by atoms with van der Waals surface area (Å²) in [5, 5.41) is 16.2. The Labute approximate surface area is 181 Å². The van der Waals surface area contributed by atoms with E-state index >= 15 is 0 Å². The number of hydrogen-bond acceptors (Lipinski definition) is 4. The van der Waals surface area contributed by atoms with E-state index in [4.69, 9.17) is 21.8 Å². The number of carbonyl (C=O) groups is 2. The van der Waals surface area contributed by atoms with Gasteiger partial charge in [0.1, 0.15) is 11.6 Å². The molecule has 0 fully saturated rings. The Morgan fingerprint density at radius 1 is 1.10 bits per heavy atom. The van der Waals surface area contributed by atoms with Crippen LogP contribution in [0.2, 0.25) is 5.02 Å². The number of imidazole rings is 1.